The standard InChI is InChI=1S/C71H77N7/c1-68(2,3)45-30-34-59-53(40-45)54-41-46(69(4,5)6)31-35-60(54)77(59)63-49(57-28-16-18-38-72-57)24-20-26-51(63)66-74-65(44-22-14-13-15-23-44)75-67(76-66)52-27-21-25-50(58-29-17-19-39-73-58)64(52)78-61-36-32-47(70(7,8)9)42-55(61)56-43-48(71(10,11)12)33-37-62(56)78/h13-16,18,20-25,27-42,48,51,55,61,65H,17,19,26,43H2,1-12H3,(H,74,75,76). The van der Waals surface area contributed by atoms with E-state index in [1.807, 2.05) is 12.3 Å². The van der Waals surface area contributed by atoms with Crippen molar-refractivity contribution in [1.82, 2.24) is 14.9 Å². The van der Waals surface area contributed by atoms with Crippen LogP contribution < -0.4 is 10.2 Å². The van der Waals surface area contributed by atoms with Gasteiger partial charge in [-0.1, -0.05) is 186 Å². The molecule has 396 valence electrons. The molecule has 3 aliphatic carbocycles. The fourth-order valence-corrected chi connectivity index (χ4v) is 12.6. The van der Waals surface area contributed by atoms with Crippen LogP contribution in [0, 0.1) is 28.6 Å². The van der Waals surface area contributed by atoms with E-state index in [4.69, 9.17) is 20.0 Å². The molecule has 5 unspecified atom stereocenters. The first-order valence-electron chi connectivity index (χ1n) is 28.6. The van der Waals surface area contributed by atoms with Gasteiger partial charge in [0.15, 0.2) is 6.17 Å². The van der Waals surface area contributed by atoms with Crippen LogP contribution in [0.5, 0.6) is 0 Å². The zero-order chi connectivity index (χ0) is 54.5. The third kappa shape index (κ3) is 9.21. The van der Waals surface area contributed by atoms with Gasteiger partial charge in [-0.15, -0.1) is 0 Å². The van der Waals surface area contributed by atoms with E-state index >= 15 is 0 Å². The summed E-state index contributed by atoms with van der Waals surface area (Å²) in [6.45, 7) is 28.1. The van der Waals surface area contributed by atoms with Crippen LogP contribution in [0.1, 0.15) is 148 Å². The Kier molecular flexibility index (Phi) is 12.7. The van der Waals surface area contributed by atoms with E-state index in [1.165, 1.54) is 49.8 Å². The van der Waals surface area contributed by atoms with Crippen LogP contribution >= 0.6 is 0 Å². The highest BCUT2D eigenvalue weighted by atomic mass is 15.2. The highest BCUT2D eigenvalue weighted by Crippen LogP contribution is 2.53. The summed E-state index contributed by atoms with van der Waals surface area (Å²) < 4.78 is 2.54. The summed E-state index contributed by atoms with van der Waals surface area (Å²) in [5.74, 6) is 2.09. The van der Waals surface area contributed by atoms with Crippen LogP contribution in [0.15, 0.2) is 190 Å². The highest BCUT2D eigenvalue weighted by molar-refractivity contribution is 6.19. The van der Waals surface area contributed by atoms with Crippen LogP contribution in [-0.4, -0.2) is 33.5 Å². The normalized spacial score (nSPS) is 22.6. The number of anilines is 1. The minimum absolute atomic E-state index is 0.0131. The second kappa shape index (κ2) is 19.2. The Bertz CT molecular complexity index is 3630. The zero-order valence-corrected chi connectivity index (χ0v) is 48.0. The number of para-hydroxylation sites is 1. The number of hydrogen-bond donors (Lipinski definition) is 1. The van der Waals surface area contributed by atoms with Gasteiger partial charge >= 0.3 is 0 Å². The lowest BCUT2D eigenvalue weighted by molar-refractivity contribution is 0.285. The average Bonchev–Trinajstić information content (AvgIpc) is 4.18. The van der Waals surface area contributed by atoms with E-state index in [-0.39, 0.29) is 39.5 Å². The molecule has 7 heteroatoms. The Morgan fingerprint density at radius 1 is 0.654 bits per heavy atom. The Balaban J connectivity index is 1.08. The van der Waals surface area contributed by atoms with E-state index in [2.05, 4.69) is 250 Å². The quantitative estimate of drug-likeness (QED) is 0.173. The molecule has 5 heterocycles. The Hall–Kier alpha value is -7.38. The first kappa shape index (κ1) is 51.4. The van der Waals surface area contributed by atoms with Crippen molar-refractivity contribution in [1.29, 1.82) is 0 Å². The van der Waals surface area contributed by atoms with Gasteiger partial charge in [0.25, 0.3) is 0 Å². The van der Waals surface area contributed by atoms with E-state index in [0.29, 0.717) is 5.92 Å². The first-order chi connectivity index (χ1) is 37.2. The largest absolute Gasteiger partial charge is 0.332 e. The molecule has 78 heavy (non-hydrogen) atoms. The summed E-state index contributed by atoms with van der Waals surface area (Å²) in [5.41, 5.74) is 17.7. The Morgan fingerprint density at radius 3 is 2.00 bits per heavy atom. The maximum absolute atomic E-state index is 5.75. The van der Waals surface area contributed by atoms with Crippen molar-refractivity contribution in [2.75, 3.05) is 4.90 Å². The van der Waals surface area contributed by atoms with E-state index in [0.717, 1.165) is 82.4 Å². The van der Waals surface area contributed by atoms with Gasteiger partial charge in [0.1, 0.15) is 11.7 Å². The number of nitrogens with one attached hydrogen (secondary N) is 1. The van der Waals surface area contributed by atoms with Crippen molar-refractivity contribution in [3.63, 3.8) is 0 Å². The van der Waals surface area contributed by atoms with Gasteiger partial charge in [-0.3, -0.25) is 9.98 Å². The molecule has 0 amide bonds. The number of amidine groups is 2. The van der Waals surface area contributed by atoms with Gasteiger partial charge < -0.3 is 14.8 Å². The van der Waals surface area contributed by atoms with Crippen molar-refractivity contribution in [3.05, 3.63) is 208 Å². The molecule has 6 aromatic rings. The fourth-order valence-electron chi connectivity index (χ4n) is 12.6. The zero-order valence-electron chi connectivity index (χ0n) is 48.0. The second-order valence-corrected chi connectivity index (χ2v) is 26.6. The molecule has 0 saturated carbocycles. The van der Waals surface area contributed by atoms with E-state index < -0.39 is 6.17 Å². The lowest BCUT2D eigenvalue weighted by Crippen LogP contribution is -2.42. The van der Waals surface area contributed by atoms with Gasteiger partial charge in [-0.2, -0.15) is 0 Å². The molecule has 5 atom stereocenters. The fraction of sp³-hybridized carbons (Fsp3) is 0.352. The minimum atomic E-state index is -0.511. The molecule has 12 rings (SSSR count). The smallest absolute Gasteiger partial charge is 0.169 e. The molecule has 0 bridgehead atoms. The Morgan fingerprint density at radius 2 is 1.36 bits per heavy atom. The molecular weight excluding hydrogens is 951 g/mol. The summed E-state index contributed by atoms with van der Waals surface area (Å²) in [7, 11) is 0. The molecule has 6 aliphatic rings. The highest BCUT2D eigenvalue weighted by Gasteiger charge is 2.46. The Labute approximate surface area is 463 Å². The lowest BCUT2D eigenvalue weighted by Gasteiger charge is -2.37. The topological polar surface area (TPSA) is 70.2 Å². The molecule has 2 aromatic heterocycles. The number of pyridine rings is 1. The third-order valence-electron chi connectivity index (χ3n) is 17.2. The molecule has 0 spiro atoms. The first-order valence-corrected chi connectivity index (χ1v) is 28.6. The van der Waals surface area contributed by atoms with E-state index in [1.54, 1.807) is 0 Å². The molecule has 0 fully saturated rings. The molecule has 4 aromatic carbocycles. The third-order valence-corrected chi connectivity index (χ3v) is 17.2. The van der Waals surface area contributed by atoms with Gasteiger partial charge in [0.2, 0.25) is 0 Å². The molecule has 0 saturated heterocycles. The summed E-state index contributed by atoms with van der Waals surface area (Å²) in [6.07, 6.45) is 26.5. The van der Waals surface area contributed by atoms with Crippen LogP contribution in [0.3, 0.4) is 0 Å². The molecule has 7 nitrogen and oxygen atoms in total. The summed E-state index contributed by atoms with van der Waals surface area (Å²) in [4.78, 5) is 24.4. The van der Waals surface area contributed by atoms with Crippen LogP contribution in [0.2, 0.25) is 0 Å². The van der Waals surface area contributed by atoms with E-state index in [9.17, 15) is 0 Å². The summed E-state index contributed by atoms with van der Waals surface area (Å²) >= 11 is 0. The number of benzene rings is 4. The number of fused-ring (bicyclic) bond motifs is 5. The number of aliphatic imine (C=N–C) groups is 3. The van der Waals surface area contributed by atoms with Crippen molar-refractivity contribution < 1.29 is 0 Å². The molecule has 1 N–H and O–H groups in total. The van der Waals surface area contributed by atoms with Gasteiger partial charge in [-0.25, -0.2) is 9.98 Å². The van der Waals surface area contributed by atoms with Crippen LogP contribution in [0.4, 0.5) is 5.69 Å². The van der Waals surface area contributed by atoms with Crippen LogP contribution in [-0.2, 0) is 10.8 Å². The number of nitrogens with zero attached hydrogens (tertiary/aromatic N) is 6. The van der Waals surface area contributed by atoms with Crippen molar-refractivity contribution in [2.45, 2.75) is 132 Å². The number of rotatable bonds is 7. The summed E-state index contributed by atoms with van der Waals surface area (Å²) in [6, 6.07) is 38.0. The maximum atomic E-state index is 5.75. The molecule has 0 radical (unpaired) electrons. The molecule has 3 aliphatic heterocycles. The van der Waals surface area contributed by atoms with Gasteiger partial charge in [-0.05, 0) is 130 Å². The number of aromatic nitrogens is 2. The van der Waals surface area contributed by atoms with Crippen molar-refractivity contribution in [3.8, 4) is 0 Å². The van der Waals surface area contributed by atoms with Crippen molar-refractivity contribution in [2.24, 2.45) is 43.6 Å². The predicted octanol–water partition coefficient (Wildman–Crippen LogP) is 17.3. The molecular formula is C71H77N7. The van der Waals surface area contributed by atoms with Gasteiger partial charge in [0, 0.05) is 57.2 Å². The second-order valence-electron chi connectivity index (χ2n) is 26.6. The van der Waals surface area contributed by atoms with Crippen LogP contribution in [0.25, 0.3) is 38.8 Å². The predicted molar refractivity (Wildman–Crippen MR) is 330 cm³/mol. The number of hydrogen-bond acceptors (Lipinski definition) is 6. The maximum Gasteiger partial charge on any atom is 0.169 e. The monoisotopic (exact) mass is 1030 g/mol. The van der Waals surface area contributed by atoms with Gasteiger partial charge in [0.05, 0.1) is 40.1 Å². The lowest BCUT2D eigenvalue weighted by atomic mass is 9.71. The average molecular weight is 1030 g/mol. The summed E-state index contributed by atoms with van der Waals surface area (Å²) in [5, 5.41) is 6.60. The minimum Gasteiger partial charge on any atom is -0.332 e. The van der Waals surface area contributed by atoms with Crippen molar-refractivity contribution >= 4 is 62.3 Å². The number of allylic oxidation sites excluding steroid dienone is 8. The SMILES string of the molecule is CC(C)(C)C1=CC2C3=C(C=CC(C(C)(C)C)C3)N(c3c(C4=CCCC=N4)cccc3C3=NC(c4ccccc4)N=C(C4CC=CC(c5ccccn5)=C4n4c5ccc(C(C)(C)C)cc5c5cc(C(C)(C)C)ccc54)N3)C2C=C1.